The molecule has 0 aliphatic carbocycles. The van der Waals surface area contributed by atoms with Crippen molar-refractivity contribution >= 4 is 46.8 Å². The van der Waals surface area contributed by atoms with Crippen LogP contribution < -0.4 is 0 Å². The lowest BCUT2D eigenvalue weighted by Crippen LogP contribution is -2.03. The minimum absolute atomic E-state index is 0.297. The maximum Gasteiger partial charge on any atom is 0.331 e. The first-order chi connectivity index (χ1) is 11.4. The Bertz CT molecular complexity index is 818. The molecule has 0 amide bonds. The van der Waals surface area contributed by atoms with Crippen molar-refractivity contribution in [2.45, 2.75) is 13.5 Å². The average Bonchev–Trinajstić information content (AvgIpc) is 2.81. The van der Waals surface area contributed by atoms with Crippen LogP contribution in [0.2, 0.25) is 15.2 Å². The number of ether oxygens (including phenoxy) is 1. The minimum Gasteiger partial charge on any atom is -0.447 e. The molecule has 0 unspecified atom stereocenters. The molecular formula is C16H12Cl3N3O2. The Morgan fingerprint density at radius 1 is 1.38 bits per heavy atom. The number of rotatable bonds is 5. The van der Waals surface area contributed by atoms with Gasteiger partial charge in [-0.3, -0.25) is 0 Å². The van der Waals surface area contributed by atoms with Gasteiger partial charge in [0, 0.05) is 27.2 Å². The lowest BCUT2D eigenvalue weighted by molar-refractivity contribution is -0.136. The van der Waals surface area contributed by atoms with E-state index in [1.165, 1.54) is 12.2 Å². The van der Waals surface area contributed by atoms with Gasteiger partial charge in [-0.2, -0.15) is 10.4 Å². The Balaban J connectivity index is 2.25. The SMILES string of the molecule is Cc1nn(Cc2c(Cl)cccc2Cl)c(Cl)c1/C=C/C(=O)OCC#N. The number of halogens is 3. The van der Waals surface area contributed by atoms with E-state index in [1.807, 2.05) is 0 Å². The third-order valence-corrected chi connectivity index (χ3v) is 4.25. The highest BCUT2D eigenvalue weighted by Crippen LogP contribution is 2.28. The van der Waals surface area contributed by atoms with E-state index in [1.54, 1.807) is 35.9 Å². The van der Waals surface area contributed by atoms with E-state index in [4.69, 9.17) is 40.1 Å². The van der Waals surface area contributed by atoms with E-state index in [-0.39, 0.29) is 6.61 Å². The summed E-state index contributed by atoms with van der Waals surface area (Å²) in [5.74, 6) is -0.631. The maximum atomic E-state index is 11.4. The predicted molar refractivity (Wildman–Crippen MR) is 93.1 cm³/mol. The molecule has 2 aromatic rings. The van der Waals surface area contributed by atoms with Crippen molar-refractivity contribution in [3.8, 4) is 6.07 Å². The van der Waals surface area contributed by atoms with Crippen molar-refractivity contribution in [3.63, 3.8) is 0 Å². The van der Waals surface area contributed by atoms with Gasteiger partial charge in [0.05, 0.1) is 12.2 Å². The number of aryl methyl sites for hydroxylation is 1. The zero-order valence-corrected chi connectivity index (χ0v) is 14.9. The molecule has 1 heterocycles. The van der Waals surface area contributed by atoms with Gasteiger partial charge in [0.2, 0.25) is 0 Å². The Morgan fingerprint density at radius 2 is 2.04 bits per heavy atom. The molecule has 124 valence electrons. The molecular weight excluding hydrogens is 373 g/mol. The summed E-state index contributed by atoms with van der Waals surface area (Å²) in [5, 5.41) is 14.1. The molecule has 0 atom stereocenters. The zero-order valence-electron chi connectivity index (χ0n) is 12.6. The first kappa shape index (κ1) is 18.3. The van der Waals surface area contributed by atoms with Gasteiger partial charge in [0.15, 0.2) is 6.61 Å². The lowest BCUT2D eigenvalue weighted by atomic mass is 10.2. The maximum absolute atomic E-state index is 11.4. The topological polar surface area (TPSA) is 67.9 Å². The molecule has 0 aliphatic rings. The van der Waals surface area contributed by atoms with Crippen LogP contribution in [0.15, 0.2) is 24.3 Å². The number of aromatic nitrogens is 2. The predicted octanol–water partition coefficient (Wildman–Crippen LogP) is 4.28. The van der Waals surface area contributed by atoms with Gasteiger partial charge in [-0.1, -0.05) is 40.9 Å². The highest BCUT2D eigenvalue weighted by Gasteiger charge is 2.14. The van der Waals surface area contributed by atoms with E-state index in [0.29, 0.717) is 38.6 Å². The normalized spacial score (nSPS) is 10.8. The van der Waals surface area contributed by atoms with Crippen LogP contribution in [0.1, 0.15) is 16.8 Å². The Hall–Kier alpha value is -2.00. The van der Waals surface area contributed by atoms with Crippen LogP contribution in [0.4, 0.5) is 0 Å². The van der Waals surface area contributed by atoms with Gasteiger partial charge in [-0.15, -0.1) is 0 Å². The second kappa shape index (κ2) is 8.20. The highest BCUT2D eigenvalue weighted by molar-refractivity contribution is 6.36. The molecule has 24 heavy (non-hydrogen) atoms. The fourth-order valence-electron chi connectivity index (χ4n) is 2.00. The molecule has 1 aromatic heterocycles. The number of carbonyl (C=O) groups excluding carboxylic acids is 1. The summed E-state index contributed by atoms with van der Waals surface area (Å²) < 4.78 is 6.18. The third kappa shape index (κ3) is 4.30. The number of esters is 1. The first-order valence-electron chi connectivity index (χ1n) is 6.81. The van der Waals surface area contributed by atoms with E-state index < -0.39 is 5.97 Å². The van der Waals surface area contributed by atoms with Crippen LogP contribution in [0.25, 0.3) is 6.08 Å². The van der Waals surface area contributed by atoms with Crippen molar-refractivity contribution in [1.29, 1.82) is 5.26 Å². The molecule has 0 spiro atoms. The van der Waals surface area contributed by atoms with Gasteiger partial charge in [0.1, 0.15) is 11.2 Å². The Morgan fingerprint density at radius 3 is 2.67 bits per heavy atom. The monoisotopic (exact) mass is 383 g/mol. The lowest BCUT2D eigenvalue weighted by Gasteiger charge is -2.08. The zero-order chi connectivity index (χ0) is 17.7. The van der Waals surface area contributed by atoms with Crippen LogP contribution in [-0.2, 0) is 16.1 Å². The number of carbonyl (C=O) groups is 1. The molecule has 5 nitrogen and oxygen atoms in total. The van der Waals surface area contributed by atoms with E-state index >= 15 is 0 Å². The summed E-state index contributed by atoms with van der Waals surface area (Å²) in [5.41, 5.74) is 1.91. The molecule has 0 radical (unpaired) electrons. The van der Waals surface area contributed by atoms with Crippen molar-refractivity contribution in [2.75, 3.05) is 6.61 Å². The third-order valence-electron chi connectivity index (χ3n) is 3.14. The number of hydrogen-bond acceptors (Lipinski definition) is 4. The number of nitrogens with zero attached hydrogens (tertiary/aromatic N) is 3. The second-order valence-corrected chi connectivity index (χ2v) is 5.92. The molecule has 0 fully saturated rings. The summed E-state index contributed by atoms with van der Waals surface area (Å²) in [6.45, 7) is 1.75. The van der Waals surface area contributed by atoms with Crippen molar-refractivity contribution in [2.24, 2.45) is 0 Å². The minimum atomic E-state index is -0.631. The molecule has 0 N–H and O–H groups in total. The molecule has 0 bridgehead atoms. The fourth-order valence-corrected chi connectivity index (χ4v) is 2.81. The van der Waals surface area contributed by atoms with Gasteiger partial charge in [-0.25, -0.2) is 9.48 Å². The Labute approximate surface area is 154 Å². The standard InChI is InChI=1S/C16H12Cl3N3O2/c1-10-11(5-6-15(23)24-8-7-20)16(19)22(21-10)9-12-13(17)3-2-4-14(12)18/h2-6H,8-9H2,1H3/b6-5+. The Kier molecular flexibility index (Phi) is 6.27. The smallest absolute Gasteiger partial charge is 0.331 e. The van der Waals surface area contributed by atoms with Gasteiger partial charge in [0.25, 0.3) is 0 Å². The van der Waals surface area contributed by atoms with E-state index in [2.05, 4.69) is 9.84 Å². The fraction of sp³-hybridized carbons (Fsp3) is 0.188. The summed E-state index contributed by atoms with van der Waals surface area (Å²) in [7, 11) is 0. The average molecular weight is 385 g/mol. The van der Waals surface area contributed by atoms with Crippen LogP contribution >= 0.6 is 34.8 Å². The van der Waals surface area contributed by atoms with Crippen LogP contribution in [0.3, 0.4) is 0 Å². The van der Waals surface area contributed by atoms with Gasteiger partial charge >= 0.3 is 5.97 Å². The highest BCUT2D eigenvalue weighted by atomic mass is 35.5. The van der Waals surface area contributed by atoms with Crippen LogP contribution in [0, 0.1) is 18.3 Å². The molecule has 8 heteroatoms. The van der Waals surface area contributed by atoms with Crippen molar-refractivity contribution < 1.29 is 9.53 Å². The van der Waals surface area contributed by atoms with Crippen molar-refractivity contribution in [1.82, 2.24) is 9.78 Å². The summed E-state index contributed by atoms with van der Waals surface area (Å²) in [4.78, 5) is 11.4. The number of hydrogen-bond donors (Lipinski definition) is 0. The molecule has 0 saturated carbocycles. The summed E-state index contributed by atoms with van der Waals surface area (Å²) in [6, 6.07) is 6.94. The first-order valence-corrected chi connectivity index (χ1v) is 7.95. The number of benzene rings is 1. The molecule has 2 rings (SSSR count). The summed E-state index contributed by atoms with van der Waals surface area (Å²) >= 11 is 18.6. The summed E-state index contributed by atoms with van der Waals surface area (Å²) in [6.07, 6.45) is 2.69. The van der Waals surface area contributed by atoms with E-state index in [0.717, 1.165) is 0 Å². The van der Waals surface area contributed by atoms with Gasteiger partial charge in [-0.05, 0) is 25.1 Å². The van der Waals surface area contributed by atoms with Gasteiger partial charge < -0.3 is 4.74 Å². The van der Waals surface area contributed by atoms with Crippen LogP contribution in [0.5, 0.6) is 0 Å². The molecule has 0 saturated heterocycles. The largest absolute Gasteiger partial charge is 0.447 e. The second-order valence-electron chi connectivity index (χ2n) is 4.75. The molecule has 0 aliphatic heterocycles. The molecule has 1 aromatic carbocycles. The van der Waals surface area contributed by atoms with Crippen LogP contribution in [-0.4, -0.2) is 22.4 Å². The van der Waals surface area contributed by atoms with Crippen molar-refractivity contribution in [3.05, 3.63) is 56.3 Å². The quantitative estimate of drug-likeness (QED) is 0.570. The number of nitriles is 1. The van der Waals surface area contributed by atoms with E-state index in [9.17, 15) is 4.79 Å².